The van der Waals surface area contributed by atoms with Gasteiger partial charge in [-0.15, -0.1) is 5.10 Å². The zero-order chi connectivity index (χ0) is 11.1. The lowest BCUT2D eigenvalue weighted by Gasteiger charge is -2.06. The fourth-order valence-electron chi connectivity index (χ4n) is 1.27. The topological polar surface area (TPSA) is 30.7 Å². The minimum Gasteiger partial charge on any atom is -0.234 e. The Kier molecular flexibility index (Phi) is 2.41. The predicted octanol–water partition coefficient (Wildman–Crippen LogP) is 2.76. The smallest absolute Gasteiger partial charge is 0.234 e. The molecule has 1 aromatic carbocycles. The van der Waals surface area contributed by atoms with Gasteiger partial charge in [0.2, 0.25) is 0 Å². The molecular weight excluding hydrogens is 275 g/mol. The zero-order valence-corrected chi connectivity index (χ0v) is 8.88. The first-order valence-electron chi connectivity index (χ1n) is 4.02. The number of rotatable bonds is 1. The van der Waals surface area contributed by atoms with Gasteiger partial charge < -0.3 is 0 Å². The molecule has 1 heterocycles. The average molecular weight is 280 g/mol. The molecule has 0 spiro atoms. The number of hydrogen-bond acceptors (Lipinski definition) is 2. The number of fused-ring (bicyclic) bond motifs is 1. The first-order chi connectivity index (χ1) is 6.97. The Hall–Kier alpha value is -1.11. The van der Waals surface area contributed by atoms with E-state index in [9.17, 15) is 13.2 Å². The van der Waals surface area contributed by atoms with Crippen LogP contribution in [0.5, 0.6) is 0 Å². The molecule has 2 aromatic rings. The third-order valence-corrected chi connectivity index (χ3v) is 2.45. The molecule has 0 atom stereocenters. The van der Waals surface area contributed by atoms with E-state index >= 15 is 0 Å². The van der Waals surface area contributed by atoms with E-state index in [1.54, 1.807) is 18.2 Å². The summed E-state index contributed by atoms with van der Waals surface area (Å²) in [6, 6.07) is 4.96. The molecule has 0 saturated heterocycles. The van der Waals surface area contributed by atoms with Crippen LogP contribution in [0.3, 0.4) is 0 Å². The standard InChI is InChI=1S/C8H5BrF3N3/c9-5-2-1-3-6-7(5)15(14-13-6)4-8(10,11)12/h1-3H,4H2. The first-order valence-corrected chi connectivity index (χ1v) is 4.81. The van der Waals surface area contributed by atoms with Gasteiger partial charge in [0.15, 0.2) is 0 Å². The molecule has 0 aliphatic heterocycles. The van der Waals surface area contributed by atoms with E-state index in [1.165, 1.54) is 0 Å². The lowest BCUT2D eigenvalue weighted by atomic mass is 10.3. The van der Waals surface area contributed by atoms with Crippen molar-refractivity contribution in [2.75, 3.05) is 0 Å². The van der Waals surface area contributed by atoms with Gasteiger partial charge in [-0.3, -0.25) is 0 Å². The van der Waals surface area contributed by atoms with Gasteiger partial charge in [0.1, 0.15) is 17.6 Å². The van der Waals surface area contributed by atoms with E-state index in [4.69, 9.17) is 0 Å². The Morgan fingerprint density at radius 1 is 1.33 bits per heavy atom. The van der Waals surface area contributed by atoms with Gasteiger partial charge in [-0.05, 0) is 28.1 Å². The van der Waals surface area contributed by atoms with Crippen molar-refractivity contribution in [3.63, 3.8) is 0 Å². The zero-order valence-electron chi connectivity index (χ0n) is 7.29. The third-order valence-electron chi connectivity index (χ3n) is 1.81. The molecule has 0 radical (unpaired) electrons. The molecule has 7 heteroatoms. The van der Waals surface area contributed by atoms with Crippen LogP contribution < -0.4 is 0 Å². The first kappa shape index (κ1) is 10.4. The van der Waals surface area contributed by atoms with Crippen molar-refractivity contribution in [3.8, 4) is 0 Å². The summed E-state index contributed by atoms with van der Waals surface area (Å²) in [5.41, 5.74) is 0.795. The number of hydrogen-bond donors (Lipinski definition) is 0. The van der Waals surface area contributed by atoms with Gasteiger partial charge in [0, 0.05) is 4.47 Å². The highest BCUT2D eigenvalue weighted by Gasteiger charge is 2.29. The molecule has 0 N–H and O–H groups in total. The largest absolute Gasteiger partial charge is 0.408 e. The molecule has 0 bridgehead atoms. The fourth-order valence-corrected chi connectivity index (χ4v) is 1.83. The number of halogens is 4. The molecular formula is C8H5BrF3N3. The molecule has 0 aliphatic rings. The monoisotopic (exact) mass is 279 g/mol. The van der Waals surface area contributed by atoms with Crippen LogP contribution in [0.25, 0.3) is 11.0 Å². The van der Waals surface area contributed by atoms with Crippen molar-refractivity contribution >= 4 is 27.0 Å². The summed E-state index contributed by atoms with van der Waals surface area (Å²) in [7, 11) is 0. The van der Waals surface area contributed by atoms with Crippen LogP contribution in [-0.2, 0) is 6.54 Å². The van der Waals surface area contributed by atoms with E-state index < -0.39 is 12.7 Å². The van der Waals surface area contributed by atoms with E-state index in [2.05, 4.69) is 26.2 Å². The Morgan fingerprint density at radius 3 is 2.73 bits per heavy atom. The summed E-state index contributed by atoms with van der Waals surface area (Å²) < 4.78 is 37.9. The second kappa shape index (κ2) is 3.48. The van der Waals surface area contributed by atoms with Crippen LogP contribution in [0.1, 0.15) is 0 Å². The van der Waals surface area contributed by atoms with E-state index in [0.717, 1.165) is 4.68 Å². The summed E-state index contributed by atoms with van der Waals surface area (Å²) in [5, 5.41) is 7.10. The minimum atomic E-state index is -4.30. The van der Waals surface area contributed by atoms with Gasteiger partial charge >= 0.3 is 6.18 Å². The minimum absolute atomic E-state index is 0.356. The van der Waals surface area contributed by atoms with Gasteiger partial charge in [-0.1, -0.05) is 11.3 Å². The average Bonchev–Trinajstić information content (AvgIpc) is 2.47. The van der Waals surface area contributed by atoms with Gasteiger partial charge in [0.25, 0.3) is 0 Å². The van der Waals surface area contributed by atoms with Crippen molar-refractivity contribution in [1.82, 2.24) is 15.0 Å². The molecule has 1 aromatic heterocycles. The van der Waals surface area contributed by atoms with Crippen LogP contribution in [0.15, 0.2) is 22.7 Å². The van der Waals surface area contributed by atoms with E-state index in [1.807, 2.05) is 0 Å². The van der Waals surface area contributed by atoms with Crippen LogP contribution >= 0.6 is 15.9 Å². The maximum absolute atomic E-state index is 12.2. The molecule has 0 aliphatic carbocycles. The van der Waals surface area contributed by atoms with Crippen LogP contribution in [0.4, 0.5) is 13.2 Å². The maximum atomic E-state index is 12.2. The van der Waals surface area contributed by atoms with Crippen LogP contribution in [0.2, 0.25) is 0 Å². The number of para-hydroxylation sites is 1. The third kappa shape index (κ3) is 2.11. The fraction of sp³-hybridized carbons (Fsp3) is 0.250. The summed E-state index contributed by atoms with van der Waals surface area (Å²) >= 11 is 3.17. The number of benzene rings is 1. The second-order valence-electron chi connectivity index (χ2n) is 2.97. The van der Waals surface area contributed by atoms with Crippen molar-refractivity contribution in [2.24, 2.45) is 0 Å². The summed E-state index contributed by atoms with van der Waals surface area (Å²) in [4.78, 5) is 0. The Labute approximate surface area is 91.0 Å². The lowest BCUT2D eigenvalue weighted by Crippen LogP contribution is -2.18. The van der Waals surface area contributed by atoms with Crippen molar-refractivity contribution in [3.05, 3.63) is 22.7 Å². The SMILES string of the molecule is FC(F)(F)Cn1nnc2cccc(Br)c21. The highest BCUT2D eigenvalue weighted by atomic mass is 79.9. The lowest BCUT2D eigenvalue weighted by molar-refractivity contribution is -0.142. The van der Waals surface area contributed by atoms with E-state index in [-0.39, 0.29) is 0 Å². The van der Waals surface area contributed by atoms with Gasteiger partial charge in [-0.25, -0.2) is 4.68 Å². The highest BCUT2D eigenvalue weighted by molar-refractivity contribution is 9.10. The van der Waals surface area contributed by atoms with E-state index in [0.29, 0.717) is 15.5 Å². The molecule has 0 unspecified atom stereocenters. The highest BCUT2D eigenvalue weighted by Crippen LogP contribution is 2.25. The Balaban J connectivity index is 2.53. The second-order valence-corrected chi connectivity index (χ2v) is 3.82. The molecule has 15 heavy (non-hydrogen) atoms. The number of aromatic nitrogens is 3. The summed E-state index contributed by atoms with van der Waals surface area (Å²) in [5.74, 6) is 0. The van der Waals surface area contributed by atoms with Crippen LogP contribution in [-0.4, -0.2) is 21.2 Å². The molecule has 0 amide bonds. The van der Waals surface area contributed by atoms with Crippen molar-refractivity contribution in [2.45, 2.75) is 12.7 Å². The van der Waals surface area contributed by atoms with Gasteiger partial charge in [-0.2, -0.15) is 13.2 Å². The Bertz CT molecular complexity index is 491. The number of alkyl halides is 3. The molecule has 80 valence electrons. The number of nitrogens with zero attached hydrogens (tertiary/aromatic N) is 3. The summed E-state index contributed by atoms with van der Waals surface area (Å²) in [6.07, 6.45) is -4.30. The van der Waals surface area contributed by atoms with Crippen molar-refractivity contribution < 1.29 is 13.2 Å². The van der Waals surface area contributed by atoms with Crippen LogP contribution in [0, 0.1) is 0 Å². The molecule has 3 nitrogen and oxygen atoms in total. The van der Waals surface area contributed by atoms with Gasteiger partial charge in [0.05, 0.1) is 0 Å². The normalized spacial score (nSPS) is 12.3. The summed E-state index contributed by atoms with van der Waals surface area (Å²) in [6.45, 7) is -1.13. The molecule has 0 fully saturated rings. The molecule has 0 saturated carbocycles. The Morgan fingerprint density at radius 2 is 2.07 bits per heavy atom. The quantitative estimate of drug-likeness (QED) is 0.804. The van der Waals surface area contributed by atoms with Crippen molar-refractivity contribution in [1.29, 1.82) is 0 Å². The predicted molar refractivity (Wildman–Crippen MR) is 51.3 cm³/mol. The molecule has 2 rings (SSSR count). The maximum Gasteiger partial charge on any atom is 0.408 e.